The molecule has 3 heterocycles. The smallest absolute Gasteiger partial charge is 0.261 e. The second kappa shape index (κ2) is 8.92. The van der Waals surface area contributed by atoms with Crippen LogP contribution in [-0.4, -0.2) is 43.8 Å². The number of anilines is 1. The Morgan fingerprint density at radius 1 is 1.25 bits per heavy atom. The number of carbonyl (C=O) groups excluding carboxylic acids is 1. The number of hydrogen-bond donors (Lipinski definition) is 1. The lowest BCUT2D eigenvalue weighted by atomic mass is 9.91. The highest BCUT2D eigenvalue weighted by Gasteiger charge is 2.22. The third-order valence-electron chi connectivity index (χ3n) is 6.08. The summed E-state index contributed by atoms with van der Waals surface area (Å²) in [5.74, 6) is 1.79. The average Bonchev–Trinajstić information content (AvgIpc) is 3.27. The molecule has 0 spiro atoms. The number of benzene rings is 1. The summed E-state index contributed by atoms with van der Waals surface area (Å²) in [5.41, 5.74) is 4.80. The molecular formula is C25H27N3O3S. The predicted molar refractivity (Wildman–Crippen MR) is 127 cm³/mol. The van der Waals surface area contributed by atoms with Crippen molar-refractivity contribution in [3.05, 3.63) is 64.2 Å². The molecule has 5 rings (SSSR count). The first-order valence-corrected chi connectivity index (χ1v) is 11.8. The lowest BCUT2D eigenvalue weighted by Gasteiger charge is -2.32. The summed E-state index contributed by atoms with van der Waals surface area (Å²) >= 11 is 1.57. The van der Waals surface area contributed by atoms with Crippen molar-refractivity contribution < 1.29 is 14.3 Å². The van der Waals surface area contributed by atoms with E-state index in [1.807, 2.05) is 18.3 Å². The molecule has 1 amide bonds. The summed E-state index contributed by atoms with van der Waals surface area (Å²) in [6.07, 6.45) is 3.93. The highest BCUT2D eigenvalue weighted by atomic mass is 32.1. The number of nitrogens with zero attached hydrogens (tertiary/aromatic N) is 2. The van der Waals surface area contributed by atoms with Crippen LogP contribution in [0.25, 0.3) is 10.4 Å². The van der Waals surface area contributed by atoms with Crippen molar-refractivity contribution in [3.63, 3.8) is 0 Å². The van der Waals surface area contributed by atoms with Gasteiger partial charge in [0.1, 0.15) is 11.6 Å². The van der Waals surface area contributed by atoms with E-state index in [0.29, 0.717) is 13.2 Å². The van der Waals surface area contributed by atoms with Gasteiger partial charge in [-0.05, 0) is 78.4 Å². The van der Waals surface area contributed by atoms with E-state index in [2.05, 4.69) is 46.4 Å². The van der Waals surface area contributed by atoms with E-state index >= 15 is 0 Å². The van der Waals surface area contributed by atoms with Gasteiger partial charge in [0.2, 0.25) is 0 Å². The molecule has 1 unspecified atom stereocenters. The third-order valence-corrected chi connectivity index (χ3v) is 7.29. The van der Waals surface area contributed by atoms with Gasteiger partial charge in [-0.2, -0.15) is 0 Å². The van der Waals surface area contributed by atoms with Crippen molar-refractivity contribution in [2.24, 2.45) is 0 Å². The Labute approximate surface area is 192 Å². The Morgan fingerprint density at radius 2 is 2.12 bits per heavy atom. The van der Waals surface area contributed by atoms with Crippen LogP contribution < -0.4 is 15.0 Å². The lowest BCUT2D eigenvalue weighted by Crippen LogP contribution is -2.41. The van der Waals surface area contributed by atoms with Gasteiger partial charge in [-0.1, -0.05) is 0 Å². The van der Waals surface area contributed by atoms with E-state index in [1.165, 1.54) is 21.6 Å². The molecule has 2 aromatic heterocycles. The molecule has 0 bridgehead atoms. The van der Waals surface area contributed by atoms with E-state index in [4.69, 9.17) is 9.47 Å². The zero-order valence-corrected chi connectivity index (χ0v) is 19.2. The number of nitrogens with one attached hydrogen (secondary N) is 1. The quantitative estimate of drug-likeness (QED) is 0.636. The Balaban J connectivity index is 1.28. The fourth-order valence-electron chi connectivity index (χ4n) is 4.39. The van der Waals surface area contributed by atoms with Crippen LogP contribution in [0.1, 0.15) is 33.3 Å². The number of pyridine rings is 1. The first kappa shape index (κ1) is 21.0. The number of fused-ring (bicyclic) bond motifs is 3. The zero-order chi connectivity index (χ0) is 22.1. The summed E-state index contributed by atoms with van der Waals surface area (Å²) in [6.45, 7) is 4.93. The van der Waals surface area contributed by atoms with Crippen LogP contribution in [0.15, 0.2) is 42.6 Å². The number of methoxy groups -OCH3 is 1. The minimum absolute atomic E-state index is 0.0298. The molecule has 0 saturated carbocycles. The second-order valence-electron chi connectivity index (χ2n) is 8.32. The zero-order valence-electron chi connectivity index (χ0n) is 18.4. The predicted octanol–water partition coefficient (Wildman–Crippen LogP) is 4.07. The number of rotatable bonds is 5. The first-order chi connectivity index (χ1) is 15.6. The van der Waals surface area contributed by atoms with Gasteiger partial charge >= 0.3 is 0 Å². The van der Waals surface area contributed by atoms with Gasteiger partial charge in [0.05, 0.1) is 24.7 Å². The Morgan fingerprint density at radius 3 is 2.97 bits per heavy atom. The Bertz CT molecular complexity index is 1140. The minimum atomic E-state index is -0.0298. The number of aromatic nitrogens is 1. The molecule has 1 fully saturated rings. The fraction of sp³-hybridized carbons (Fsp3) is 0.360. The van der Waals surface area contributed by atoms with E-state index in [9.17, 15) is 4.79 Å². The molecule has 6 nitrogen and oxygen atoms in total. The Kier molecular flexibility index (Phi) is 5.85. The maximum atomic E-state index is 12.9. The molecular weight excluding hydrogens is 422 g/mol. The maximum Gasteiger partial charge on any atom is 0.261 e. The SMILES string of the molecule is COc1ccc2c(c1)CCc1cc(C(=O)NCc3ccnc(N4CCOC(C)C4)c3)sc1-2. The highest BCUT2D eigenvalue weighted by molar-refractivity contribution is 7.17. The summed E-state index contributed by atoms with van der Waals surface area (Å²) < 4.78 is 11.0. The van der Waals surface area contributed by atoms with Gasteiger partial charge in [-0.15, -0.1) is 11.3 Å². The summed E-state index contributed by atoms with van der Waals surface area (Å²) in [4.78, 5) is 21.6. The number of morpholine rings is 1. The van der Waals surface area contributed by atoms with Crippen LogP contribution in [0, 0.1) is 0 Å². The van der Waals surface area contributed by atoms with Gasteiger partial charge in [0, 0.05) is 30.7 Å². The maximum absolute atomic E-state index is 12.9. The second-order valence-corrected chi connectivity index (χ2v) is 9.37. The van der Waals surface area contributed by atoms with Crippen molar-refractivity contribution >= 4 is 23.1 Å². The van der Waals surface area contributed by atoms with Crippen molar-refractivity contribution in [1.29, 1.82) is 0 Å². The van der Waals surface area contributed by atoms with Crippen LogP contribution in [-0.2, 0) is 24.1 Å². The largest absolute Gasteiger partial charge is 0.497 e. The Hall–Kier alpha value is -2.90. The standard InChI is InChI=1S/C25H27N3O3S/c1-16-15-28(9-10-31-16)23-11-17(7-8-26-23)14-27-25(29)22-13-19-4-3-18-12-20(30-2)5-6-21(18)24(19)32-22/h5-8,11-13,16H,3-4,9-10,14-15H2,1-2H3,(H,27,29). The average molecular weight is 450 g/mol. The molecule has 166 valence electrons. The van der Waals surface area contributed by atoms with E-state index in [-0.39, 0.29) is 12.0 Å². The van der Waals surface area contributed by atoms with Crippen molar-refractivity contribution in [2.45, 2.75) is 32.4 Å². The van der Waals surface area contributed by atoms with Crippen LogP contribution in [0.3, 0.4) is 0 Å². The fourth-order valence-corrected chi connectivity index (χ4v) is 5.58. The first-order valence-electron chi connectivity index (χ1n) is 11.0. The molecule has 1 atom stereocenters. The third kappa shape index (κ3) is 4.23. The normalized spacial score (nSPS) is 17.4. The highest BCUT2D eigenvalue weighted by Crippen LogP contribution is 2.40. The number of aryl methyl sites for hydroxylation is 2. The molecule has 1 aromatic carbocycles. The molecule has 7 heteroatoms. The van der Waals surface area contributed by atoms with E-state index < -0.39 is 0 Å². The van der Waals surface area contributed by atoms with Crippen LogP contribution >= 0.6 is 11.3 Å². The number of ether oxygens (including phenoxy) is 2. The van der Waals surface area contributed by atoms with Gasteiger partial charge < -0.3 is 19.7 Å². The van der Waals surface area contributed by atoms with Crippen LogP contribution in [0.4, 0.5) is 5.82 Å². The number of thiophene rings is 1. The van der Waals surface area contributed by atoms with Crippen molar-refractivity contribution in [3.8, 4) is 16.2 Å². The monoisotopic (exact) mass is 449 g/mol. The number of carbonyl (C=O) groups is 1. The molecule has 2 aliphatic rings. The molecule has 3 aromatic rings. The topological polar surface area (TPSA) is 63.7 Å². The van der Waals surface area contributed by atoms with Gasteiger partial charge in [0.15, 0.2) is 0 Å². The number of hydrogen-bond acceptors (Lipinski definition) is 6. The van der Waals surface area contributed by atoms with E-state index in [1.54, 1.807) is 18.4 Å². The van der Waals surface area contributed by atoms with Gasteiger partial charge in [-0.25, -0.2) is 4.98 Å². The molecule has 1 aliphatic heterocycles. The summed E-state index contributed by atoms with van der Waals surface area (Å²) in [5, 5.41) is 3.09. The molecule has 32 heavy (non-hydrogen) atoms. The lowest BCUT2D eigenvalue weighted by molar-refractivity contribution is 0.0529. The minimum Gasteiger partial charge on any atom is -0.497 e. The van der Waals surface area contributed by atoms with Crippen LogP contribution in [0.2, 0.25) is 0 Å². The molecule has 1 saturated heterocycles. The molecule has 1 N–H and O–H groups in total. The van der Waals surface area contributed by atoms with E-state index in [0.717, 1.165) is 47.9 Å². The summed E-state index contributed by atoms with van der Waals surface area (Å²) in [7, 11) is 1.69. The van der Waals surface area contributed by atoms with Crippen molar-refractivity contribution in [2.75, 3.05) is 31.7 Å². The summed E-state index contributed by atoms with van der Waals surface area (Å²) in [6, 6.07) is 12.3. The van der Waals surface area contributed by atoms with Crippen LogP contribution in [0.5, 0.6) is 5.75 Å². The van der Waals surface area contributed by atoms with Crippen molar-refractivity contribution in [1.82, 2.24) is 10.3 Å². The van der Waals surface area contributed by atoms with Gasteiger partial charge in [-0.3, -0.25) is 4.79 Å². The number of amides is 1. The van der Waals surface area contributed by atoms with Gasteiger partial charge in [0.25, 0.3) is 5.91 Å². The molecule has 0 radical (unpaired) electrons. The molecule has 1 aliphatic carbocycles.